The summed E-state index contributed by atoms with van der Waals surface area (Å²) in [6, 6.07) is 0. The van der Waals surface area contributed by atoms with E-state index < -0.39 is 0 Å². The third-order valence-corrected chi connectivity index (χ3v) is 5.37. The summed E-state index contributed by atoms with van der Waals surface area (Å²) >= 11 is 0. The lowest BCUT2D eigenvalue weighted by atomic mass is 9.87. The molecule has 0 unspecified atom stereocenters. The summed E-state index contributed by atoms with van der Waals surface area (Å²) in [5.41, 5.74) is 6.09. The molecule has 3 aromatic heterocycles. The number of hydrogen-bond acceptors (Lipinski definition) is 7. The second-order valence-corrected chi connectivity index (χ2v) is 7.78. The molecule has 0 aliphatic heterocycles. The van der Waals surface area contributed by atoms with E-state index in [0.717, 1.165) is 30.2 Å². The molecule has 150 valence electrons. The van der Waals surface area contributed by atoms with Crippen molar-refractivity contribution >= 4 is 28.0 Å². The van der Waals surface area contributed by atoms with Crippen molar-refractivity contribution < 1.29 is 13.9 Å². The number of aromatic nitrogens is 3. The number of pyridine rings is 1. The highest BCUT2D eigenvalue weighted by atomic mass is 16.7. The van der Waals surface area contributed by atoms with Crippen LogP contribution in [0.15, 0.2) is 10.7 Å². The molecule has 0 amide bonds. The van der Waals surface area contributed by atoms with Crippen LogP contribution in [0.1, 0.15) is 43.5 Å². The predicted molar refractivity (Wildman–Crippen MR) is 109 cm³/mol. The van der Waals surface area contributed by atoms with Crippen LogP contribution in [0.4, 0.5) is 5.82 Å². The van der Waals surface area contributed by atoms with Gasteiger partial charge in [-0.3, -0.25) is 0 Å². The molecule has 1 N–H and O–H groups in total. The van der Waals surface area contributed by atoms with Gasteiger partial charge in [-0.25, -0.2) is 15.0 Å². The first kappa shape index (κ1) is 19.1. The Kier molecular flexibility index (Phi) is 5.46. The monoisotopic (exact) mass is 384 g/mol. The highest BCUT2D eigenvalue weighted by Crippen LogP contribution is 2.37. The van der Waals surface area contributed by atoms with Gasteiger partial charge in [-0.15, -0.1) is 0 Å². The summed E-state index contributed by atoms with van der Waals surface area (Å²) < 4.78 is 16.7. The van der Waals surface area contributed by atoms with Gasteiger partial charge in [0.2, 0.25) is 5.71 Å². The molecule has 3 aromatic rings. The smallest absolute Gasteiger partial charge is 0.229 e. The number of hydrogen-bond donors (Lipinski definition) is 1. The molecule has 0 atom stereocenters. The minimum Gasteiger partial charge on any atom is -0.432 e. The molecule has 4 rings (SSSR count). The first-order valence-electron chi connectivity index (χ1n) is 9.99. The second-order valence-electron chi connectivity index (χ2n) is 7.78. The number of ether oxygens (including phenoxy) is 2. The van der Waals surface area contributed by atoms with E-state index in [1.165, 1.54) is 29.7 Å². The molecule has 1 aliphatic carbocycles. The zero-order valence-corrected chi connectivity index (χ0v) is 17.0. The van der Waals surface area contributed by atoms with E-state index in [4.69, 9.17) is 18.9 Å². The van der Waals surface area contributed by atoms with Crippen LogP contribution in [0.5, 0.6) is 0 Å². The van der Waals surface area contributed by atoms with Gasteiger partial charge in [0.25, 0.3) is 0 Å². The lowest BCUT2D eigenvalue weighted by Crippen LogP contribution is -2.24. The van der Waals surface area contributed by atoms with Crippen molar-refractivity contribution in [3.63, 3.8) is 0 Å². The summed E-state index contributed by atoms with van der Waals surface area (Å²) in [4.78, 5) is 13.8. The first-order valence-corrected chi connectivity index (χ1v) is 9.99. The summed E-state index contributed by atoms with van der Waals surface area (Å²) in [5.74, 6) is 1.19. The number of methoxy groups -OCH3 is 2. The van der Waals surface area contributed by atoms with Crippen molar-refractivity contribution in [3.05, 3.63) is 23.1 Å². The molecule has 0 radical (unpaired) electrons. The van der Waals surface area contributed by atoms with Gasteiger partial charge in [0.05, 0.1) is 11.9 Å². The summed E-state index contributed by atoms with van der Waals surface area (Å²) in [6.07, 6.45) is 6.74. The predicted octanol–water partition coefficient (Wildman–Crippen LogP) is 3.88. The van der Waals surface area contributed by atoms with Crippen molar-refractivity contribution in [1.82, 2.24) is 15.0 Å². The molecule has 0 fully saturated rings. The Hall–Kier alpha value is -2.25. The fraction of sp³-hybridized carbons (Fsp3) is 0.571. The van der Waals surface area contributed by atoms with Crippen LogP contribution in [-0.4, -0.2) is 42.0 Å². The van der Waals surface area contributed by atoms with E-state index in [1.807, 2.05) is 0 Å². The van der Waals surface area contributed by atoms with Crippen LogP contribution in [0.2, 0.25) is 0 Å². The van der Waals surface area contributed by atoms with Crippen LogP contribution >= 0.6 is 0 Å². The van der Waals surface area contributed by atoms with Crippen molar-refractivity contribution in [1.29, 1.82) is 0 Å². The third-order valence-electron chi connectivity index (χ3n) is 5.37. The summed E-state index contributed by atoms with van der Waals surface area (Å²) in [5, 5.41) is 4.31. The van der Waals surface area contributed by atoms with Gasteiger partial charge in [0.15, 0.2) is 17.7 Å². The maximum atomic E-state index is 6.19. The third kappa shape index (κ3) is 3.44. The van der Waals surface area contributed by atoms with Gasteiger partial charge in [0.1, 0.15) is 11.8 Å². The molecule has 0 spiro atoms. The van der Waals surface area contributed by atoms with E-state index >= 15 is 0 Å². The molecule has 3 heterocycles. The Morgan fingerprint density at radius 3 is 2.57 bits per heavy atom. The highest BCUT2D eigenvalue weighted by Gasteiger charge is 2.24. The van der Waals surface area contributed by atoms with Crippen molar-refractivity contribution in [3.8, 4) is 0 Å². The Morgan fingerprint density at radius 1 is 1.11 bits per heavy atom. The number of anilines is 1. The largest absolute Gasteiger partial charge is 0.432 e. The Bertz CT molecular complexity index is 979. The fourth-order valence-electron chi connectivity index (χ4n) is 4.06. The minimum atomic E-state index is -0.363. The molecule has 0 saturated carbocycles. The van der Waals surface area contributed by atoms with Crippen LogP contribution in [0.3, 0.4) is 0 Å². The average molecular weight is 384 g/mol. The van der Waals surface area contributed by atoms with Gasteiger partial charge >= 0.3 is 0 Å². The van der Waals surface area contributed by atoms with E-state index in [-0.39, 0.29) is 6.29 Å². The summed E-state index contributed by atoms with van der Waals surface area (Å²) in [7, 11) is 3.22. The van der Waals surface area contributed by atoms with Crippen LogP contribution in [-0.2, 0) is 28.7 Å². The van der Waals surface area contributed by atoms with Crippen LogP contribution in [0.25, 0.3) is 22.2 Å². The Morgan fingerprint density at radius 2 is 1.86 bits per heavy atom. The first-order chi connectivity index (χ1) is 13.6. The normalized spacial score (nSPS) is 14.4. The summed E-state index contributed by atoms with van der Waals surface area (Å²) in [6.45, 7) is 4.92. The number of fused-ring (bicyclic) bond motifs is 5. The fourth-order valence-corrected chi connectivity index (χ4v) is 4.06. The van der Waals surface area contributed by atoms with E-state index in [0.29, 0.717) is 29.6 Å². The van der Waals surface area contributed by atoms with E-state index in [9.17, 15) is 0 Å². The van der Waals surface area contributed by atoms with Gasteiger partial charge in [-0.1, -0.05) is 13.8 Å². The number of aryl methyl sites for hydroxylation is 1. The molecule has 0 aromatic carbocycles. The zero-order valence-electron chi connectivity index (χ0n) is 17.0. The van der Waals surface area contributed by atoms with Crippen molar-refractivity contribution in [2.75, 3.05) is 26.1 Å². The van der Waals surface area contributed by atoms with Gasteiger partial charge in [-0.05, 0) is 49.1 Å². The van der Waals surface area contributed by atoms with Crippen LogP contribution in [0, 0.1) is 5.92 Å². The number of nitrogens with one attached hydrogen (secondary N) is 1. The average Bonchev–Trinajstić information content (AvgIpc) is 3.07. The van der Waals surface area contributed by atoms with Crippen molar-refractivity contribution in [2.45, 2.75) is 52.2 Å². The number of nitrogens with zero attached hydrogens (tertiary/aromatic N) is 3. The molecule has 0 saturated heterocycles. The molecular weight excluding hydrogens is 356 g/mol. The number of rotatable bonds is 7. The van der Waals surface area contributed by atoms with Crippen molar-refractivity contribution in [2.24, 2.45) is 5.92 Å². The van der Waals surface area contributed by atoms with E-state index in [2.05, 4.69) is 29.1 Å². The molecule has 1 aliphatic rings. The van der Waals surface area contributed by atoms with E-state index in [1.54, 1.807) is 20.5 Å². The minimum absolute atomic E-state index is 0.363. The molecule has 0 bridgehead atoms. The highest BCUT2D eigenvalue weighted by molar-refractivity contribution is 6.06. The lowest BCUT2D eigenvalue weighted by molar-refractivity contribution is -0.0914. The molecule has 7 nitrogen and oxygen atoms in total. The SMILES string of the molecule is COC(CNc1ncnc2c1oc1nc(CC(C)C)c3c(c12)CCCC3)OC. The Balaban J connectivity index is 1.84. The maximum Gasteiger partial charge on any atom is 0.229 e. The number of furan rings is 1. The quantitative estimate of drug-likeness (QED) is 0.619. The molecule has 7 heteroatoms. The maximum absolute atomic E-state index is 6.19. The van der Waals surface area contributed by atoms with Gasteiger partial charge in [0, 0.05) is 19.9 Å². The lowest BCUT2D eigenvalue weighted by Gasteiger charge is -2.20. The topological polar surface area (TPSA) is 82.3 Å². The van der Waals surface area contributed by atoms with Crippen LogP contribution < -0.4 is 5.32 Å². The molecular formula is C21H28N4O3. The van der Waals surface area contributed by atoms with Gasteiger partial charge in [-0.2, -0.15) is 0 Å². The van der Waals surface area contributed by atoms with Gasteiger partial charge < -0.3 is 19.2 Å². The molecule has 28 heavy (non-hydrogen) atoms. The zero-order chi connectivity index (χ0) is 19.7. The standard InChI is InChI=1S/C21H28N4O3/c1-12(2)9-15-13-7-5-6-8-14(13)17-18-19(28-21(17)25-15)20(24-11-23-18)22-10-16(26-3)27-4/h11-12,16H,5-10H2,1-4H3,(H,22,23,24). The Labute approximate surface area is 164 Å². The second kappa shape index (κ2) is 8.01.